The number of aryl methyl sites for hydroxylation is 1. The molecule has 5 nitrogen and oxygen atoms in total. The van der Waals surface area contributed by atoms with Crippen molar-refractivity contribution in [2.24, 2.45) is 0 Å². The maximum atomic E-state index is 4.68. The third-order valence-electron chi connectivity index (χ3n) is 4.03. The van der Waals surface area contributed by atoms with E-state index in [0.29, 0.717) is 5.78 Å². The molecule has 2 aromatic heterocycles. The van der Waals surface area contributed by atoms with E-state index in [0.717, 1.165) is 40.2 Å². The number of hydrogen-bond acceptors (Lipinski definition) is 4. The predicted octanol–water partition coefficient (Wildman–Crippen LogP) is 4.23. The van der Waals surface area contributed by atoms with Crippen LogP contribution in [0.1, 0.15) is 18.3 Å². The molecule has 0 amide bonds. The van der Waals surface area contributed by atoms with E-state index in [1.807, 2.05) is 46.9 Å². The van der Waals surface area contributed by atoms with Crippen LogP contribution in [0.2, 0.25) is 0 Å². The van der Waals surface area contributed by atoms with Gasteiger partial charge in [-0.05, 0) is 29.8 Å². The Morgan fingerprint density at radius 1 is 1.12 bits per heavy atom. The van der Waals surface area contributed by atoms with Crippen molar-refractivity contribution in [1.82, 2.24) is 19.6 Å². The van der Waals surface area contributed by atoms with Crippen molar-refractivity contribution in [3.63, 3.8) is 0 Å². The van der Waals surface area contributed by atoms with Crippen LogP contribution in [0, 0.1) is 0 Å². The third kappa shape index (κ3) is 2.31. The van der Waals surface area contributed by atoms with Gasteiger partial charge in [0.25, 0.3) is 5.78 Å². The van der Waals surface area contributed by atoms with Gasteiger partial charge in [-0.2, -0.15) is 4.98 Å². The summed E-state index contributed by atoms with van der Waals surface area (Å²) in [5, 5.41) is 12.9. The molecule has 24 heavy (non-hydrogen) atoms. The zero-order chi connectivity index (χ0) is 16.5. The van der Waals surface area contributed by atoms with Crippen molar-refractivity contribution >= 4 is 34.3 Å². The van der Waals surface area contributed by atoms with E-state index in [2.05, 4.69) is 46.1 Å². The maximum Gasteiger partial charge on any atom is 0.257 e. The van der Waals surface area contributed by atoms with E-state index in [9.17, 15) is 0 Å². The molecule has 5 heteroatoms. The normalized spacial score (nSPS) is 11.0. The molecule has 0 aliphatic heterocycles. The van der Waals surface area contributed by atoms with Gasteiger partial charge in [0.2, 0.25) is 0 Å². The maximum absolute atomic E-state index is 4.68. The fraction of sp³-hybridized carbons (Fsp3) is 0.105. The van der Waals surface area contributed by atoms with Crippen LogP contribution in [0.4, 0.5) is 11.5 Å². The number of anilines is 2. The molecular formula is C19H17N5. The molecule has 1 N–H and O–H groups in total. The smallest absolute Gasteiger partial charge is 0.257 e. The van der Waals surface area contributed by atoms with Gasteiger partial charge in [-0.25, -0.2) is 0 Å². The molecule has 0 atom stereocenters. The Hall–Kier alpha value is -3.21. The van der Waals surface area contributed by atoms with Crippen LogP contribution in [-0.4, -0.2) is 19.6 Å². The van der Waals surface area contributed by atoms with E-state index >= 15 is 0 Å². The summed E-state index contributed by atoms with van der Waals surface area (Å²) in [5.41, 5.74) is 3.06. The molecule has 0 unspecified atom stereocenters. The minimum atomic E-state index is 0.596. The molecule has 2 aromatic carbocycles. The lowest BCUT2D eigenvalue weighted by atomic mass is 10.1. The summed E-state index contributed by atoms with van der Waals surface area (Å²) in [4.78, 5) is 4.68. The summed E-state index contributed by atoms with van der Waals surface area (Å²) in [5.74, 6) is 2.27. The number of aromatic nitrogens is 4. The van der Waals surface area contributed by atoms with Gasteiger partial charge in [0, 0.05) is 17.5 Å². The highest BCUT2D eigenvalue weighted by Crippen LogP contribution is 2.27. The largest absolute Gasteiger partial charge is 0.340 e. The first-order chi connectivity index (χ1) is 11.8. The van der Waals surface area contributed by atoms with Crippen LogP contribution in [0.15, 0.2) is 55.1 Å². The lowest BCUT2D eigenvalue weighted by Gasteiger charge is -2.11. The number of hydrogen-bond donors (Lipinski definition) is 1. The number of rotatable bonds is 4. The molecule has 0 saturated heterocycles. The van der Waals surface area contributed by atoms with E-state index in [-0.39, 0.29) is 0 Å². The standard InChI is InChI=1S/C19H17N5/c1-3-13-10-11-15-16(12-13)24-17(4-2)22-23-19(24)21-18(15)20-14-8-6-5-7-9-14/h3,5-12H,1,4H2,2H3,(H,20,21,23). The summed E-state index contributed by atoms with van der Waals surface area (Å²) in [6.07, 6.45) is 2.63. The second-order valence-corrected chi connectivity index (χ2v) is 5.54. The summed E-state index contributed by atoms with van der Waals surface area (Å²) < 4.78 is 2.01. The summed E-state index contributed by atoms with van der Waals surface area (Å²) >= 11 is 0. The highest BCUT2D eigenvalue weighted by atomic mass is 15.3. The van der Waals surface area contributed by atoms with Gasteiger partial charge >= 0.3 is 0 Å². The average Bonchev–Trinajstić information content (AvgIpc) is 3.05. The molecule has 4 aromatic rings. The number of nitrogens with zero attached hydrogens (tertiary/aromatic N) is 4. The molecular weight excluding hydrogens is 298 g/mol. The Labute approximate surface area is 139 Å². The second-order valence-electron chi connectivity index (χ2n) is 5.54. The number of para-hydroxylation sites is 1. The van der Waals surface area contributed by atoms with Crippen LogP contribution in [-0.2, 0) is 6.42 Å². The van der Waals surface area contributed by atoms with Gasteiger partial charge in [0.05, 0.1) is 5.52 Å². The lowest BCUT2D eigenvalue weighted by molar-refractivity contribution is 0.922. The molecule has 0 spiro atoms. The van der Waals surface area contributed by atoms with E-state index in [1.165, 1.54) is 0 Å². The first kappa shape index (κ1) is 14.4. The van der Waals surface area contributed by atoms with Gasteiger partial charge in [-0.1, -0.05) is 43.8 Å². The Kier molecular flexibility index (Phi) is 3.46. The van der Waals surface area contributed by atoms with Crippen molar-refractivity contribution in [2.45, 2.75) is 13.3 Å². The zero-order valence-corrected chi connectivity index (χ0v) is 13.4. The van der Waals surface area contributed by atoms with E-state index < -0.39 is 0 Å². The highest BCUT2D eigenvalue weighted by molar-refractivity contribution is 5.94. The van der Waals surface area contributed by atoms with Gasteiger partial charge in [0.1, 0.15) is 11.6 Å². The third-order valence-corrected chi connectivity index (χ3v) is 4.03. The second kappa shape index (κ2) is 5.77. The van der Waals surface area contributed by atoms with E-state index in [1.54, 1.807) is 0 Å². The molecule has 118 valence electrons. The van der Waals surface area contributed by atoms with Gasteiger partial charge in [0.15, 0.2) is 0 Å². The molecule has 0 fully saturated rings. The van der Waals surface area contributed by atoms with Crippen molar-refractivity contribution in [3.05, 3.63) is 66.5 Å². The Bertz CT molecular complexity index is 1030. The monoisotopic (exact) mass is 315 g/mol. The van der Waals surface area contributed by atoms with Gasteiger partial charge in [-0.3, -0.25) is 4.40 Å². The zero-order valence-electron chi connectivity index (χ0n) is 13.4. The molecule has 0 bridgehead atoms. The van der Waals surface area contributed by atoms with Crippen LogP contribution in [0.3, 0.4) is 0 Å². The number of benzene rings is 2. The van der Waals surface area contributed by atoms with Crippen molar-refractivity contribution in [3.8, 4) is 0 Å². The molecule has 0 aliphatic rings. The lowest BCUT2D eigenvalue weighted by Crippen LogP contribution is -2.02. The number of nitrogens with one attached hydrogen (secondary N) is 1. The van der Waals surface area contributed by atoms with Crippen molar-refractivity contribution in [1.29, 1.82) is 0 Å². The number of fused-ring (bicyclic) bond motifs is 3. The first-order valence-electron chi connectivity index (χ1n) is 7.92. The Morgan fingerprint density at radius 3 is 2.71 bits per heavy atom. The Morgan fingerprint density at radius 2 is 1.96 bits per heavy atom. The Balaban J connectivity index is 2.01. The molecule has 0 radical (unpaired) electrons. The minimum absolute atomic E-state index is 0.596. The summed E-state index contributed by atoms with van der Waals surface area (Å²) in [6.45, 7) is 5.93. The summed E-state index contributed by atoms with van der Waals surface area (Å²) in [6, 6.07) is 16.2. The topological polar surface area (TPSA) is 55.1 Å². The molecule has 2 heterocycles. The first-order valence-corrected chi connectivity index (χ1v) is 7.92. The fourth-order valence-electron chi connectivity index (χ4n) is 2.83. The molecule has 0 saturated carbocycles. The predicted molar refractivity (Wildman–Crippen MR) is 97.5 cm³/mol. The fourth-order valence-corrected chi connectivity index (χ4v) is 2.83. The average molecular weight is 315 g/mol. The van der Waals surface area contributed by atoms with Gasteiger partial charge in [-0.15, -0.1) is 10.2 Å². The van der Waals surface area contributed by atoms with Crippen LogP contribution >= 0.6 is 0 Å². The van der Waals surface area contributed by atoms with Crippen LogP contribution in [0.5, 0.6) is 0 Å². The minimum Gasteiger partial charge on any atom is -0.340 e. The van der Waals surface area contributed by atoms with Crippen LogP contribution in [0.25, 0.3) is 22.8 Å². The molecule has 0 aliphatic carbocycles. The van der Waals surface area contributed by atoms with E-state index in [4.69, 9.17) is 0 Å². The molecule has 4 rings (SSSR count). The van der Waals surface area contributed by atoms with Gasteiger partial charge < -0.3 is 5.32 Å². The summed E-state index contributed by atoms with van der Waals surface area (Å²) in [7, 11) is 0. The van der Waals surface area contributed by atoms with Crippen LogP contribution < -0.4 is 5.32 Å². The highest BCUT2D eigenvalue weighted by Gasteiger charge is 2.13. The van der Waals surface area contributed by atoms with Crippen molar-refractivity contribution in [2.75, 3.05) is 5.32 Å². The van der Waals surface area contributed by atoms with Crippen molar-refractivity contribution < 1.29 is 0 Å². The SMILES string of the molecule is C=Cc1ccc2c(Nc3ccccc3)nc3nnc(CC)n3c2c1. The quantitative estimate of drug-likeness (QED) is 0.612.